The Labute approximate surface area is 183 Å². The summed E-state index contributed by atoms with van der Waals surface area (Å²) in [7, 11) is 0. The van der Waals surface area contributed by atoms with Crippen molar-refractivity contribution < 1.29 is 0 Å². The van der Waals surface area contributed by atoms with Crippen LogP contribution in [0.1, 0.15) is 64.2 Å². The Morgan fingerprint density at radius 1 is 0.900 bits per heavy atom. The second-order valence-corrected chi connectivity index (χ2v) is 9.89. The van der Waals surface area contributed by atoms with Crippen molar-refractivity contribution in [2.75, 3.05) is 19.6 Å². The summed E-state index contributed by atoms with van der Waals surface area (Å²) >= 11 is 0. The lowest BCUT2D eigenvalue weighted by atomic mass is 9.65. The molecule has 5 rings (SSSR count). The summed E-state index contributed by atoms with van der Waals surface area (Å²) in [6.45, 7) is 3.79. The quantitative estimate of drug-likeness (QED) is 0.482. The molecular weight excluding hydrogens is 362 g/mol. The molecule has 0 aromatic rings. The summed E-state index contributed by atoms with van der Waals surface area (Å²) in [6.07, 6.45) is 37.0. The van der Waals surface area contributed by atoms with Gasteiger partial charge in [0.25, 0.3) is 0 Å². The topological polar surface area (TPSA) is 3.24 Å². The molecule has 1 saturated carbocycles. The first kappa shape index (κ1) is 20.1. The largest absolute Gasteiger partial charge is 0.303 e. The van der Waals surface area contributed by atoms with Gasteiger partial charge in [-0.25, -0.2) is 0 Å². The summed E-state index contributed by atoms with van der Waals surface area (Å²) < 4.78 is 0. The Balaban J connectivity index is 1.25. The predicted octanol–water partition coefficient (Wildman–Crippen LogP) is 7.23. The van der Waals surface area contributed by atoms with Crippen molar-refractivity contribution in [1.82, 2.24) is 4.90 Å². The number of rotatable bonds is 4. The maximum absolute atomic E-state index is 2.73. The second kappa shape index (κ2) is 9.10. The number of piperidine rings is 1. The molecule has 1 heterocycles. The molecule has 30 heavy (non-hydrogen) atoms. The van der Waals surface area contributed by atoms with Crippen molar-refractivity contribution in [3.8, 4) is 0 Å². The van der Waals surface area contributed by atoms with Gasteiger partial charge in [0.2, 0.25) is 0 Å². The third-order valence-electron chi connectivity index (χ3n) is 8.08. The van der Waals surface area contributed by atoms with Gasteiger partial charge in [-0.1, -0.05) is 98.4 Å². The summed E-state index contributed by atoms with van der Waals surface area (Å²) in [5.74, 6) is 1.03. The fraction of sp³-hybridized carbons (Fsp3) is 0.517. The van der Waals surface area contributed by atoms with Gasteiger partial charge < -0.3 is 4.90 Å². The van der Waals surface area contributed by atoms with Crippen molar-refractivity contribution in [3.63, 3.8) is 0 Å². The molecular formula is C29H37N. The molecule has 1 unspecified atom stereocenters. The van der Waals surface area contributed by atoms with Crippen LogP contribution in [0.4, 0.5) is 0 Å². The van der Waals surface area contributed by atoms with Crippen LogP contribution in [0.3, 0.4) is 0 Å². The van der Waals surface area contributed by atoms with Gasteiger partial charge in [-0.15, -0.1) is 0 Å². The predicted molar refractivity (Wildman–Crippen MR) is 128 cm³/mol. The van der Waals surface area contributed by atoms with E-state index < -0.39 is 0 Å². The highest BCUT2D eigenvalue weighted by molar-refractivity contribution is 5.62. The Bertz CT molecular complexity index is 843. The van der Waals surface area contributed by atoms with Gasteiger partial charge in [0.15, 0.2) is 0 Å². The molecule has 0 bridgehead atoms. The van der Waals surface area contributed by atoms with Crippen LogP contribution in [-0.4, -0.2) is 24.5 Å². The van der Waals surface area contributed by atoms with E-state index in [1.165, 1.54) is 94.1 Å². The van der Waals surface area contributed by atoms with Crippen molar-refractivity contribution in [2.24, 2.45) is 11.3 Å². The van der Waals surface area contributed by atoms with E-state index in [2.05, 4.69) is 65.7 Å². The monoisotopic (exact) mass is 399 g/mol. The molecule has 158 valence electrons. The lowest BCUT2D eigenvalue weighted by molar-refractivity contribution is 0.235. The summed E-state index contributed by atoms with van der Waals surface area (Å²) in [5.41, 5.74) is 6.20. The van der Waals surface area contributed by atoms with E-state index in [-0.39, 0.29) is 5.41 Å². The molecule has 0 amide bonds. The minimum Gasteiger partial charge on any atom is -0.303 e. The molecule has 1 nitrogen and oxygen atoms in total. The Kier molecular flexibility index (Phi) is 6.09. The lowest BCUT2D eigenvalue weighted by Gasteiger charge is -2.39. The number of allylic oxidation sites excluding steroid dienone is 13. The zero-order chi connectivity index (χ0) is 20.2. The molecule has 0 radical (unpaired) electrons. The van der Waals surface area contributed by atoms with Gasteiger partial charge in [-0.05, 0) is 61.3 Å². The van der Waals surface area contributed by atoms with E-state index >= 15 is 0 Å². The van der Waals surface area contributed by atoms with E-state index in [9.17, 15) is 0 Å². The van der Waals surface area contributed by atoms with Crippen LogP contribution in [0, 0.1) is 11.3 Å². The van der Waals surface area contributed by atoms with Gasteiger partial charge in [0.05, 0.1) is 0 Å². The van der Waals surface area contributed by atoms with Crippen LogP contribution in [0.2, 0.25) is 0 Å². The van der Waals surface area contributed by atoms with Crippen molar-refractivity contribution in [3.05, 3.63) is 83.1 Å². The number of hydrogen-bond donors (Lipinski definition) is 0. The standard InChI is InChI=1S/C29H37N/c1-2-10-24(11-3-1)12-9-21-30-22-17-25(18-23-30)27-15-8-14-26-13-4-6-19-29(26)20-7-5-16-28(27)29/h4-8,13-16,19,24H,1-3,9-12,17-18,20-23H2. The molecule has 1 heteroatoms. The molecule has 0 aromatic heterocycles. The molecule has 0 aromatic carbocycles. The van der Waals surface area contributed by atoms with E-state index in [4.69, 9.17) is 0 Å². The summed E-state index contributed by atoms with van der Waals surface area (Å²) in [5, 5.41) is 0. The van der Waals surface area contributed by atoms with Crippen LogP contribution in [0.5, 0.6) is 0 Å². The minimum atomic E-state index is 0.0481. The van der Waals surface area contributed by atoms with Crippen LogP contribution in [-0.2, 0) is 0 Å². The zero-order valence-electron chi connectivity index (χ0n) is 18.5. The third-order valence-corrected chi connectivity index (χ3v) is 8.08. The van der Waals surface area contributed by atoms with Crippen LogP contribution < -0.4 is 0 Å². The number of hydrogen-bond acceptors (Lipinski definition) is 1. The van der Waals surface area contributed by atoms with Gasteiger partial charge in [-0.2, -0.15) is 0 Å². The van der Waals surface area contributed by atoms with E-state index in [0.29, 0.717) is 0 Å². The lowest BCUT2D eigenvalue weighted by Crippen LogP contribution is -2.33. The fourth-order valence-electron chi connectivity index (χ4n) is 6.31. The number of nitrogens with zero attached hydrogens (tertiary/aromatic N) is 1. The molecule has 5 aliphatic rings. The highest BCUT2D eigenvalue weighted by Gasteiger charge is 2.38. The molecule has 2 fully saturated rings. The molecule has 4 aliphatic carbocycles. The third kappa shape index (κ3) is 4.02. The highest BCUT2D eigenvalue weighted by atomic mass is 15.1. The first-order valence-corrected chi connectivity index (χ1v) is 12.4. The SMILES string of the molecule is C1=CCC23C=CC=CC2=CC=CC(=C2CCN(CCCC4CCCCC4)CC2)C3=C1. The Morgan fingerprint density at radius 2 is 1.77 bits per heavy atom. The van der Waals surface area contributed by atoms with Crippen molar-refractivity contribution >= 4 is 0 Å². The molecule has 1 atom stereocenters. The zero-order valence-corrected chi connectivity index (χ0v) is 18.5. The average Bonchev–Trinajstić information content (AvgIpc) is 2.97. The van der Waals surface area contributed by atoms with Gasteiger partial charge in [0.1, 0.15) is 0 Å². The first-order chi connectivity index (χ1) is 14.9. The summed E-state index contributed by atoms with van der Waals surface area (Å²) in [4.78, 5) is 2.73. The number of likely N-dealkylation sites (tertiary alicyclic amines) is 1. The van der Waals surface area contributed by atoms with Gasteiger partial charge >= 0.3 is 0 Å². The second-order valence-electron chi connectivity index (χ2n) is 9.89. The first-order valence-electron chi connectivity index (χ1n) is 12.4. The van der Waals surface area contributed by atoms with Gasteiger partial charge in [0, 0.05) is 18.5 Å². The van der Waals surface area contributed by atoms with Crippen LogP contribution in [0.25, 0.3) is 0 Å². The van der Waals surface area contributed by atoms with Crippen molar-refractivity contribution in [1.29, 1.82) is 0 Å². The fourth-order valence-corrected chi connectivity index (χ4v) is 6.31. The molecule has 1 aliphatic heterocycles. The Hall–Kier alpha value is -1.86. The van der Waals surface area contributed by atoms with Gasteiger partial charge in [-0.3, -0.25) is 0 Å². The van der Waals surface area contributed by atoms with Crippen LogP contribution in [0.15, 0.2) is 83.1 Å². The maximum Gasteiger partial charge on any atom is 0.0425 e. The maximum atomic E-state index is 2.73. The smallest absolute Gasteiger partial charge is 0.0425 e. The molecule has 1 spiro atoms. The average molecular weight is 400 g/mol. The normalized spacial score (nSPS) is 29.3. The minimum absolute atomic E-state index is 0.0481. The van der Waals surface area contributed by atoms with Crippen molar-refractivity contribution in [2.45, 2.75) is 64.2 Å². The summed E-state index contributed by atoms with van der Waals surface area (Å²) in [6, 6.07) is 0. The Morgan fingerprint density at radius 3 is 2.63 bits per heavy atom. The molecule has 1 saturated heterocycles. The molecule has 0 N–H and O–H groups in total. The van der Waals surface area contributed by atoms with E-state index in [1.807, 2.05) is 0 Å². The van der Waals surface area contributed by atoms with E-state index in [0.717, 1.165) is 12.3 Å². The van der Waals surface area contributed by atoms with Crippen LogP contribution >= 0.6 is 0 Å². The van der Waals surface area contributed by atoms with E-state index in [1.54, 1.807) is 5.57 Å². The highest BCUT2D eigenvalue weighted by Crippen LogP contribution is 2.50.